The molecule has 130 valence electrons. The first-order chi connectivity index (χ1) is 11.4. The zero-order valence-electron chi connectivity index (χ0n) is 15.6. The number of benzene rings is 1. The van der Waals surface area contributed by atoms with E-state index in [0.717, 1.165) is 31.2 Å². The van der Waals surface area contributed by atoms with Gasteiger partial charge in [0, 0.05) is 31.4 Å². The van der Waals surface area contributed by atoms with Gasteiger partial charge in [-0.15, -0.1) is 11.3 Å². The Balaban J connectivity index is 1.87. The van der Waals surface area contributed by atoms with E-state index in [2.05, 4.69) is 67.4 Å². The van der Waals surface area contributed by atoms with Gasteiger partial charge < -0.3 is 10.6 Å². The first kappa shape index (κ1) is 18.5. The largest absolute Gasteiger partial charge is 0.356 e. The van der Waals surface area contributed by atoms with Crippen molar-refractivity contribution in [1.29, 1.82) is 0 Å². The van der Waals surface area contributed by atoms with Crippen LogP contribution in [0, 0.1) is 34.6 Å². The summed E-state index contributed by atoms with van der Waals surface area (Å²) in [5.74, 6) is 0.833. The number of thiazole rings is 1. The molecule has 24 heavy (non-hydrogen) atoms. The maximum absolute atomic E-state index is 4.58. The van der Waals surface area contributed by atoms with Crippen molar-refractivity contribution in [3.63, 3.8) is 0 Å². The molecule has 0 bridgehead atoms. The second kappa shape index (κ2) is 8.29. The lowest BCUT2D eigenvalue weighted by molar-refractivity contribution is 0.786. The number of rotatable bonds is 5. The van der Waals surface area contributed by atoms with E-state index >= 15 is 0 Å². The van der Waals surface area contributed by atoms with Crippen LogP contribution < -0.4 is 10.6 Å². The third-order valence-corrected chi connectivity index (χ3v) is 5.33. The van der Waals surface area contributed by atoms with Crippen molar-refractivity contribution in [2.24, 2.45) is 4.99 Å². The normalized spacial score (nSPS) is 11.7. The number of hydrogen-bond donors (Lipinski definition) is 2. The van der Waals surface area contributed by atoms with Crippen LogP contribution >= 0.6 is 11.3 Å². The van der Waals surface area contributed by atoms with E-state index < -0.39 is 0 Å². The summed E-state index contributed by atoms with van der Waals surface area (Å²) in [5, 5.41) is 7.96. The quantitative estimate of drug-likeness (QED) is 0.644. The second-order valence-electron chi connectivity index (χ2n) is 6.23. The van der Waals surface area contributed by atoms with Gasteiger partial charge in [-0.1, -0.05) is 17.7 Å². The van der Waals surface area contributed by atoms with Crippen LogP contribution in [0.15, 0.2) is 17.1 Å². The number of hydrogen-bond acceptors (Lipinski definition) is 3. The molecule has 0 aliphatic rings. The molecule has 0 spiro atoms. The van der Waals surface area contributed by atoms with E-state index in [1.165, 1.54) is 32.1 Å². The molecule has 0 atom stereocenters. The predicted molar refractivity (Wildman–Crippen MR) is 104 cm³/mol. The number of guanidine groups is 1. The fourth-order valence-electron chi connectivity index (χ4n) is 2.82. The number of nitrogens with one attached hydrogen (secondary N) is 2. The Bertz CT molecular complexity index is 688. The van der Waals surface area contributed by atoms with Crippen LogP contribution in [-0.4, -0.2) is 24.5 Å². The average Bonchev–Trinajstić information content (AvgIpc) is 2.82. The molecule has 0 fully saturated rings. The highest BCUT2D eigenvalue weighted by atomic mass is 32.1. The van der Waals surface area contributed by atoms with E-state index in [0.29, 0.717) is 0 Å². The molecule has 1 heterocycles. The molecule has 0 aliphatic carbocycles. The number of aryl methyl sites for hydroxylation is 5. The third-order valence-electron chi connectivity index (χ3n) is 4.20. The van der Waals surface area contributed by atoms with Crippen molar-refractivity contribution in [1.82, 2.24) is 15.6 Å². The first-order valence-corrected chi connectivity index (χ1v) is 9.16. The minimum Gasteiger partial charge on any atom is -0.356 e. The molecule has 5 heteroatoms. The van der Waals surface area contributed by atoms with Gasteiger partial charge in [0.25, 0.3) is 0 Å². The van der Waals surface area contributed by atoms with Gasteiger partial charge in [-0.3, -0.25) is 4.99 Å². The minimum absolute atomic E-state index is 0.785. The highest BCUT2D eigenvalue weighted by Crippen LogP contribution is 2.17. The molecule has 0 saturated carbocycles. The van der Waals surface area contributed by atoms with Crippen LogP contribution in [0.4, 0.5) is 0 Å². The van der Waals surface area contributed by atoms with Crippen LogP contribution in [0.25, 0.3) is 0 Å². The van der Waals surface area contributed by atoms with Crippen molar-refractivity contribution >= 4 is 17.3 Å². The van der Waals surface area contributed by atoms with E-state index in [4.69, 9.17) is 0 Å². The molecule has 1 aromatic heterocycles. The molecule has 1 aromatic carbocycles. The van der Waals surface area contributed by atoms with Gasteiger partial charge in [-0.05, 0) is 51.3 Å². The van der Waals surface area contributed by atoms with Gasteiger partial charge in [0.15, 0.2) is 5.96 Å². The van der Waals surface area contributed by atoms with E-state index in [1.54, 1.807) is 11.3 Å². The van der Waals surface area contributed by atoms with Crippen molar-refractivity contribution in [2.45, 2.75) is 47.6 Å². The molecule has 0 amide bonds. The smallest absolute Gasteiger partial charge is 0.191 e. The summed E-state index contributed by atoms with van der Waals surface area (Å²) in [6.45, 7) is 12.3. The summed E-state index contributed by atoms with van der Waals surface area (Å²) in [6.07, 6.45) is 0.919. The molecule has 4 nitrogen and oxygen atoms in total. The molecule has 0 saturated heterocycles. The van der Waals surface area contributed by atoms with Gasteiger partial charge in [0.2, 0.25) is 0 Å². The molecular formula is C19H28N4S. The van der Waals surface area contributed by atoms with Gasteiger partial charge >= 0.3 is 0 Å². The zero-order chi connectivity index (χ0) is 17.7. The zero-order valence-corrected chi connectivity index (χ0v) is 16.4. The monoisotopic (exact) mass is 344 g/mol. The Labute approximate surface area is 149 Å². The van der Waals surface area contributed by atoms with Crippen LogP contribution in [0.1, 0.15) is 37.8 Å². The highest BCUT2D eigenvalue weighted by Gasteiger charge is 2.06. The molecule has 2 rings (SSSR count). The lowest BCUT2D eigenvalue weighted by atomic mass is 10.00. The van der Waals surface area contributed by atoms with Crippen molar-refractivity contribution < 1.29 is 0 Å². The predicted octanol–water partition coefficient (Wildman–Crippen LogP) is 3.59. The lowest BCUT2D eigenvalue weighted by Crippen LogP contribution is -2.38. The summed E-state index contributed by atoms with van der Waals surface area (Å²) >= 11 is 1.78. The Kier molecular flexibility index (Phi) is 6.37. The Morgan fingerprint density at radius 3 is 2.29 bits per heavy atom. The van der Waals surface area contributed by atoms with Crippen molar-refractivity contribution in [3.05, 3.63) is 50.0 Å². The summed E-state index contributed by atoms with van der Waals surface area (Å²) < 4.78 is 0. The Morgan fingerprint density at radius 2 is 1.75 bits per heavy atom. The van der Waals surface area contributed by atoms with Crippen LogP contribution in [-0.2, 0) is 13.0 Å². The van der Waals surface area contributed by atoms with E-state index in [-0.39, 0.29) is 0 Å². The summed E-state index contributed by atoms with van der Waals surface area (Å²) in [7, 11) is 1.81. The van der Waals surface area contributed by atoms with Crippen LogP contribution in [0.5, 0.6) is 0 Å². The Hall–Kier alpha value is -1.88. The minimum atomic E-state index is 0.785. The number of nitrogens with zero attached hydrogens (tertiary/aromatic N) is 2. The molecule has 0 aliphatic heterocycles. The van der Waals surface area contributed by atoms with Crippen LogP contribution in [0.3, 0.4) is 0 Å². The standard InChI is InChI=1S/C19H28N4S/c1-12-9-13(2)17(14(3)10-12)11-22-19(20-6)21-8-7-18-23-15(4)16(5)24-18/h9-10H,7-8,11H2,1-6H3,(H2,20,21,22). The summed E-state index contributed by atoms with van der Waals surface area (Å²) in [6, 6.07) is 4.46. The van der Waals surface area contributed by atoms with Crippen LogP contribution in [0.2, 0.25) is 0 Å². The summed E-state index contributed by atoms with van der Waals surface area (Å²) in [5.41, 5.74) is 6.44. The molecule has 2 N–H and O–H groups in total. The molecule has 0 unspecified atom stereocenters. The first-order valence-electron chi connectivity index (χ1n) is 8.35. The topological polar surface area (TPSA) is 49.3 Å². The van der Waals surface area contributed by atoms with E-state index in [9.17, 15) is 0 Å². The van der Waals surface area contributed by atoms with Gasteiger partial charge in [-0.2, -0.15) is 0 Å². The van der Waals surface area contributed by atoms with Gasteiger partial charge in [-0.25, -0.2) is 4.98 Å². The molecular weight excluding hydrogens is 316 g/mol. The van der Waals surface area contributed by atoms with Gasteiger partial charge in [0.1, 0.15) is 0 Å². The maximum atomic E-state index is 4.58. The second-order valence-corrected chi connectivity index (χ2v) is 7.52. The van der Waals surface area contributed by atoms with Gasteiger partial charge in [0.05, 0.1) is 10.7 Å². The molecule has 2 aromatic rings. The fraction of sp³-hybridized carbons (Fsp3) is 0.474. The number of aromatic nitrogens is 1. The fourth-order valence-corrected chi connectivity index (χ4v) is 3.75. The lowest BCUT2D eigenvalue weighted by Gasteiger charge is -2.15. The maximum Gasteiger partial charge on any atom is 0.191 e. The molecule has 0 radical (unpaired) electrons. The SMILES string of the molecule is CN=C(NCCc1nc(C)c(C)s1)NCc1c(C)cc(C)cc1C. The Morgan fingerprint density at radius 1 is 1.08 bits per heavy atom. The average molecular weight is 345 g/mol. The van der Waals surface area contributed by atoms with Crippen molar-refractivity contribution in [2.75, 3.05) is 13.6 Å². The summed E-state index contributed by atoms with van der Waals surface area (Å²) in [4.78, 5) is 10.2. The number of aliphatic imine (C=N–C) groups is 1. The third kappa shape index (κ3) is 4.81. The van der Waals surface area contributed by atoms with E-state index in [1.807, 2.05) is 7.05 Å². The highest BCUT2D eigenvalue weighted by molar-refractivity contribution is 7.11. The van der Waals surface area contributed by atoms with Crippen molar-refractivity contribution in [3.8, 4) is 0 Å².